The Hall–Kier alpha value is -8.36. The summed E-state index contributed by atoms with van der Waals surface area (Å²) in [6, 6.07) is 19.2. The number of hydrogen-bond donors (Lipinski definition) is 8. The van der Waals surface area contributed by atoms with E-state index in [0.717, 1.165) is 52.0 Å². The van der Waals surface area contributed by atoms with E-state index in [1.54, 1.807) is 38.1 Å². The summed E-state index contributed by atoms with van der Waals surface area (Å²) >= 11 is 0. The fourth-order valence-electron chi connectivity index (χ4n) is 8.30. The third kappa shape index (κ3) is 15.8. The van der Waals surface area contributed by atoms with E-state index in [1.165, 1.54) is 12.2 Å². The summed E-state index contributed by atoms with van der Waals surface area (Å²) in [6.45, 7) is 6.55. The lowest BCUT2D eigenvalue weighted by Gasteiger charge is -2.25. The quantitative estimate of drug-likeness (QED) is 0.0245. The number of anilines is 3. The molecule has 5 aromatic rings. The van der Waals surface area contributed by atoms with E-state index in [-0.39, 0.29) is 75.1 Å². The van der Waals surface area contributed by atoms with Crippen LogP contribution in [0.25, 0.3) is 21.9 Å². The number of fused-ring (bicyclic) bond motifs is 3. The molecule has 392 valence electrons. The molecule has 9 amide bonds. The number of primary amides is 1. The van der Waals surface area contributed by atoms with Gasteiger partial charge in [-0.2, -0.15) is 0 Å². The first kappa shape index (κ1) is 55.0. The van der Waals surface area contributed by atoms with Crippen molar-refractivity contribution < 1.29 is 43.1 Å². The molecule has 1 aliphatic rings. The van der Waals surface area contributed by atoms with Crippen LogP contribution in [-0.4, -0.2) is 98.7 Å². The number of imidazole rings is 1. The molecule has 2 atom stereocenters. The van der Waals surface area contributed by atoms with Crippen LogP contribution in [0.2, 0.25) is 0 Å². The van der Waals surface area contributed by atoms with Crippen LogP contribution < -0.4 is 43.4 Å². The number of imide groups is 1. The maximum absolute atomic E-state index is 13.6. The number of unbranched alkanes of at least 4 members (excludes halogenated alkanes) is 3. The molecule has 74 heavy (non-hydrogen) atoms. The number of rotatable bonds is 27. The van der Waals surface area contributed by atoms with Gasteiger partial charge in [-0.1, -0.05) is 76.1 Å². The number of amides is 9. The fourth-order valence-corrected chi connectivity index (χ4v) is 8.30. The van der Waals surface area contributed by atoms with Crippen molar-refractivity contribution in [1.29, 1.82) is 0 Å². The Morgan fingerprint density at radius 3 is 2.09 bits per heavy atom. The zero-order valence-corrected chi connectivity index (χ0v) is 42.0. The number of carbonyl (C=O) groups excluding carboxylic acids is 8. The van der Waals surface area contributed by atoms with Gasteiger partial charge in [0.25, 0.3) is 11.8 Å². The van der Waals surface area contributed by atoms with Crippen LogP contribution in [0.5, 0.6) is 0 Å². The van der Waals surface area contributed by atoms with E-state index in [0.29, 0.717) is 60.5 Å². The van der Waals surface area contributed by atoms with Gasteiger partial charge in [-0.3, -0.25) is 33.7 Å². The molecule has 21 heteroatoms. The summed E-state index contributed by atoms with van der Waals surface area (Å²) in [6.07, 6.45) is 6.63. The third-order valence-corrected chi connectivity index (χ3v) is 12.3. The van der Waals surface area contributed by atoms with Crippen LogP contribution in [0.4, 0.5) is 26.8 Å². The van der Waals surface area contributed by atoms with Crippen molar-refractivity contribution in [3.8, 4) is 0 Å². The number of hydrogen-bond acceptors (Lipinski definition) is 12. The van der Waals surface area contributed by atoms with Crippen molar-refractivity contribution in [3.05, 3.63) is 102 Å². The molecule has 21 nitrogen and oxygen atoms in total. The predicted molar refractivity (Wildman–Crippen MR) is 280 cm³/mol. The maximum atomic E-state index is 13.6. The van der Waals surface area contributed by atoms with Gasteiger partial charge in [0.15, 0.2) is 5.82 Å². The number of para-hydroxylation sites is 1. The second kappa shape index (κ2) is 26.9. The first-order chi connectivity index (χ1) is 35.6. The Labute approximate surface area is 429 Å². The van der Waals surface area contributed by atoms with Crippen LogP contribution in [0.1, 0.15) is 95.5 Å². The number of alkyl carbamates (subject to hydrolysis) is 1. The monoisotopic (exact) mass is 1010 g/mol. The normalized spacial score (nSPS) is 12.9. The molecule has 0 spiro atoms. The molecular formula is C53H66N12O9. The average Bonchev–Trinajstić information content (AvgIpc) is 3.90. The molecule has 0 saturated heterocycles. The van der Waals surface area contributed by atoms with E-state index >= 15 is 0 Å². The maximum Gasteiger partial charge on any atom is 0.407 e. The number of urea groups is 1. The van der Waals surface area contributed by atoms with Gasteiger partial charge in [-0.05, 0) is 79.5 Å². The molecule has 0 radical (unpaired) electrons. The average molecular weight is 1020 g/mol. The van der Waals surface area contributed by atoms with Gasteiger partial charge < -0.3 is 52.7 Å². The number of nitrogens with zero attached hydrogens (tertiary/aromatic N) is 4. The van der Waals surface area contributed by atoms with Gasteiger partial charge in [0.1, 0.15) is 30.0 Å². The van der Waals surface area contributed by atoms with Crippen molar-refractivity contribution in [2.45, 2.75) is 110 Å². The standard InChI is InChI=1S/C53H66N12O9/c1-4-5-15-41-62-47-48(38-12-8-9-13-39(38)60-49(47)54)65(41)31-34-17-21-36(22-18-34)58-43(67)27-29-57-53(73)74-32-35-19-23-37(24-20-35)59-50(70)40(14-11-28-56-52(55)72)61-51(71)46(33(2)3)63-42(66)16-7-6-10-30-64-44(68)25-26-45(64)69/h8-9,12-13,17-26,33,40,46H,4-7,10-11,14-16,27-32H2,1-3H3,(H2,54,60)(H,57,73)(H,58,67)(H,59,70)(H,61,71)(H,63,66)(H3,55,56,72)/t40-,46-/m0/s1. The number of aromatic nitrogens is 3. The fraction of sp³-hybridized carbons (Fsp3) is 0.396. The van der Waals surface area contributed by atoms with E-state index in [9.17, 15) is 38.4 Å². The summed E-state index contributed by atoms with van der Waals surface area (Å²) in [5, 5.41) is 17.2. The lowest BCUT2D eigenvalue weighted by Crippen LogP contribution is -2.54. The molecular weight excluding hydrogens is 949 g/mol. The van der Waals surface area contributed by atoms with Crippen molar-refractivity contribution in [2.75, 3.05) is 36.0 Å². The molecule has 0 saturated carbocycles. The molecule has 3 aromatic carbocycles. The lowest BCUT2D eigenvalue weighted by molar-refractivity contribution is -0.137. The van der Waals surface area contributed by atoms with Crippen molar-refractivity contribution in [3.63, 3.8) is 0 Å². The molecule has 3 heterocycles. The zero-order chi connectivity index (χ0) is 53.1. The summed E-state index contributed by atoms with van der Waals surface area (Å²) in [5.41, 5.74) is 16.6. The summed E-state index contributed by atoms with van der Waals surface area (Å²) in [7, 11) is 0. The summed E-state index contributed by atoms with van der Waals surface area (Å²) in [5.74, 6) is -1.50. The van der Waals surface area contributed by atoms with Crippen LogP contribution >= 0.6 is 0 Å². The second-order valence-electron chi connectivity index (χ2n) is 18.4. The van der Waals surface area contributed by atoms with Crippen LogP contribution in [-0.2, 0) is 53.1 Å². The third-order valence-electron chi connectivity index (χ3n) is 12.3. The SMILES string of the molecule is CCCCc1nc2c(N)nc3ccccc3c2n1Cc1ccc(NC(=O)CCNC(=O)OCc2ccc(NC(=O)[C@H](CCCNC(N)=O)NC(=O)[C@@H](NC(=O)CCCCCN3C(=O)C=CC3=O)C(C)C)cc2)cc1. The number of nitrogen functional groups attached to an aromatic ring is 1. The first-order valence-electron chi connectivity index (χ1n) is 25.0. The number of aryl methyl sites for hydroxylation is 1. The Balaban J connectivity index is 0.928. The predicted octanol–water partition coefficient (Wildman–Crippen LogP) is 5.31. The van der Waals surface area contributed by atoms with Gasteiger partial charge in [-0.15, -0.1) is 0 Å². The number of pyridine rings is 1. The number of ether oxygens (including phenoxy) is 1. The first-order valence-corrected chi connectivity index (χ1v) is 25.0. The van der Waals surface area contributed by atoms with Gasteiger partial charge in [0, 0.05) is 74.4 Å². The summed E-state index contributed by atoms with van der Waals surface area (Å²) in [4.78, 5) is 111. The van der Waals surface area contributed by atoms with E-state index in [1.807, 2.05) is 48.5 Å². The molecule has 1 aliphatic heterocycles. The lowest BCUT2D eigenvalue weighted by atomic mass is 10.0. The number of benzene rings is 3. The van der Waals surface area contributed by atoms with Gasteiger partial charge >= 0.3 is 12.1 Å². The van der Waals surface area contributed by atoms with Crippen molar-refractivity contribution in [2.24, 2.45) is 11.7 Å². The molecule has 0 unspecified atom stereocenters. The smallest absolute Gasteiger partial charge is 0.407 e. The molecule has 0 fully saturated rings. The van der Waals surface area contributed by atoms with Crippen LogP contribution in [0, 0.1) is 5.92 Å². The minimum absolute atomic E-state index is 0.000152. The molecule has 0 aliphatic carbocycles. The van der Waals surface area contributed by atoms with Gasteiger partial charge in [0.2, 0.25) is 23.6 Å². The largest absolute Gasteiger partial charge is 0.445 e. The van der Waals surface area contributed by atoms with E-state index < -0.39 is 36.0 Å². The molecule has 0 bridgehead atoms. The minimum atomic E-state index is -1.06. The Bertz CT molecular complexity index is 2830. The highest BCUT2D eigenvalue weighted by Crippen LogP contribution is 2.30. The Morgan fingerprint density at radius 2 is 1.41 bits per heavy atom. The Kier molecular flexibility index (Phi) is 20.0. The minimum Gasteiger partial charge on any atom is -0.445 e. The van der Waals surface area contributed by atoms with Crippen LogP contribution in [0.15, 0.2) is 84.9 Å². The zero-order valence-electron chi connectivity index (χ0n) is 42.0. The van der Waals surface area contributed by atoms with Crippen molar-refractivity contribution >= 4 is 86.7 Å². The topological polar surface area (TPSA) is 304 Å². The Morgan fingerprint density at radius 1 is 0.716 bits per heavy atom. The number of nitrogens with two attached hydrogens (primary N) is 2. The van der Waals surface area contributed by atoms with E-state index in [2.05, 4.69) is 48.4 Å². The highest BCUT2D eigenvalue weighted by atomic mass is 16.5. The van der Waals surface area contributed by atoms with E-state index in [4.69, 9.17) is 21.2 Å². The second-order valence-corrected chi connectivity index (χ2v) is 18.4. The molecule has 6 rings (SSSR count). The highest BCUT2D eigenvalue weighted by Gasteiger charge is 2.29. The van der Waals surface area contributed by atoms with Crippen LogP contribution in [0.3, 0.4) is 0 Å². The molecule has 2 aromatic heterocycles. The number of nitrogens with one attached hydrogen (secondary N) is 6. The highest BCUT2D eigenvalue weighted by molar-refractivity contribution is 6.13. The van der Waals surface area contributed by atoms with Crippen molar-refractivity contribution in [1.82, 2.24) is 40.7 Å². The number of carbonyl (C=O) groups is 8. The van der Waals surface area contributed by atoms with Gasteiger partial charge in [-0.25, -0.2) is 19.6 Å². The summed E-state index contributed by atoms with van der Waals surface area (Å²) < 4.78 is 7.55. The van der Waals surface area contributed by atoms with Gasteiger partial charge in [0.05, 0.1) is 11.0 Å². The molecule has 10 N–H and O–H groups in total.